The Labute approximate surface area is 133 Å². The standard InChI is InChI=1S/C18H26N2O2/c1-6-15-13-14(2)7-8-16(15)19-9-11-20(12-10-19)17(21)22-18(3,4)5/h6-8,13H,1,9-12H2,2-5H3. The molecule has 1 aliphatic rings. The number of rotatable bonds is 2. The lowest BCUT2D eigenvalue weighted by atomic mass is 10.1. The Morgan fingerprint density at radius 2 is 1.86 bits per heavy atom. The smallest absolute Gasteiger partial charge is 0.410 e. The van der Waals surface area contributed by atoms with Gasteiger partial charge in [0.05, 0.1) is 0 Å². The topological polar surface area (TPSA) is 32.8 Å². The average molecular weight is 302 g/mol. The fourth-order valence-corrected chi connectivity index (χ4v) is 2.58. The molecule has 1 aliphatic heterocycles. The van der Waals surface area contributed by atoms with E-state index in [-0.39, 0.29) is 6.09 Å². The summed E-state index contributed by atoms with van der Waals surface area (Å²) in [5, 5.41) is 0. The van der Waals surface area contributed by atoms with Crippen molar-refractivity contribution in [2.75, 3.05) is 31.1 Å². The summed E-state index contributed by atoms with van der Waals surface area (Å²) in [6.45, 7) is 14.6. The zero-order valence-electron chi connectivity index (χ0n) is 14.1. The van der Waals surface area contributed by atoms with Crippen LogP contribution >= 0.6 is 0 Å². The maximum Gasteiger partial charge on any atom is 0.410 e. The van der Waals surface area contributed by atoms with Crippen molar-refractivity contribution in [3.8, 4) is 0 Å². The van der Waals surface area contributed by atoms with Crippen LogP contribution in [0.5, 0.6) is 0 Å². The van der Waals surface area contributed by atoms with Gasteiger partial charge in [-0.3, -0.25) is 0 Å². The quantitative estimate of drug-likeness (QED) is 0.835. The highest BCUT2D eigenvalue weighted by Crippen LogP contribution is 2.24. The third-order valence-corrected chi connectivity index (χ3v) is 3.67. The number of hydrogen-bond acceptors (Lipinski definition) is 3. The Bertz CT molecular complexity index is 553. The highest BCUT2D eigenvalue weighted by atomic mass is 16.6. The minimum absolute atomic E-state index is 0.222. The van der Waals surface area contributed by atoms with E-state index in [4.69, 9.17) is 4.74 Å². The molecule has 1 saturated heterocycles. The second-order valence-electron chi connectivity index (χ2n) is 6.72. The molecular formula is C18H26N2O2. The van der Waals surface area contributed by atoms with Gasteiger partial charge in [-0.05, 0) is 45.4 Å². The van der Waals surface area contributed by atoms with Crippen molar-refractivity contribution in [1.29, 1.82) is 0 Å². The Kier molecular flexibility index (Phi) is 4.79. The van der Waals surface area contributed by atoms with Gasteiger partial charge in [-0.1, -0.05) is 24.3 Å². The van der Waals surface area contributed by atoms with E-state index in [0.717, 1.165) is 18.7 Å². The molecule has 120 valence electrons. The number of nitrogens with zero attached hydrogens (tertiary/aromatic N) is 2. The van der Waals surface area contributed by atoms with Gasteiger partial charge in [-0.2, -0.15) is 0 Å². The van der Waals surface area contributed by atoms with Crippen LogP contribution in [0.25, 0.3) is 6.08 Å². The second kappa shape index (κ2) is 6.42. The van der Waals surface area contributed by atoms with Crippen LogP contribution in [0.2, 0.25) is 0 Å². The van der Waals surface area contributed by atoms with Crippen molar-refractivity contribution in [2.45, 2.75) is 33.3 Å². The molecule has 2 rings (SSSR count). The minimum atomic E-state index is -0.443. The van der Waals surface area contributed by atoms with E-state index in [1.807, 2.05) is 26.8 Å². The van der Waals surface area contributed by atoms with E-state index in [1.54, 1.807) is 4.90 Å². The normalized spacial score (nSPS) is 15.6. The predicted octanol–water partition coefficient (Wildman–Crippen LogP) is 3.70. The first kappa shape index (κ1) is 16.4. The summed E-state index contributed by atoms with van der Waals surface area (Å²) in [6, 6.07) is 6.39. The monoisotopic (exact) mass is 302 g/mol. The lowest BCUT2D eigenvalue weighted by molar-refractivity contribution is 0.0240. The van der Waals surface area contributed by atoms with Crippen molar-refractivity contribution in [2.24, 2.45) is 0 Å². The molecule has 0 aromatic heterocycles. The van der Waals surface area contributed by atoms with E-state index >= 15 is 0 Å². The van der Waals surface area contributed by atoms with Gasteiger partial charge in [0.2, 0.25) is 0 Å². The van der Waals surface area contributed by atoms with Crippen LogP contribution in [0.4, 0.5) is 10.5 Å². The lowest BCUT2D eigenvalue weighted by Gasteiger charge is -2.37. The Hall–Kier alpha value is -1.97. The van der Waals surface area contributed by atoms with E-state index in [0.29, 0.717) is 13.1 Å². The van der Waals surface area contributed by atoms with Gasteiger partial charge in [0, 0.05) is 31.9 Å². The zero-order valence-corrected chi connectivity index (χ0v) is 14.1. The molecule has 0 atom stereocenters. The molecule has 1 aromatic carbocycles. The van der Waals surface area contributed by atoms with Crippen LogP contribution in [-0.4, -0.2) is 42.8 Å². The van der Waals surface area contributed by atoms with Crippen LogP contribution in [0.3, 0.4) is 0 Å². The first-order valence-corrected chi connectivity index (χ1v) is 7.76. The molecular weight excluding hydrogens is 276 g/mol. The van der Waals surface area contributed by atoms with Gasteiger partial charge in [0.15, 0.2) is 0 Å². The zero-order chi connectivity index (χ0) is 16.3. The molecule has 4 heteroatoms. The molecule has 0 N–H and O–H groups in total. The number of carbonyl (C=O) groups is 1. The van der Waals surface area contributed by atoms with Gasteiger partial charge >= 0.3 is 6.09 Å². The van der Waals surface area contributed by atoms with Crippen LogP contribution in [0, 0.1) is 6.92 Å². The average Bonchev–Trinajstić information content (AvgIpc) is 2.45. The first-order chi connectivity index (χ1) is 10.3. The van der Waals surface area contributed by atoms with Crippen LogP contribution < -0.4 is 4.90 Å². The van der Waals surface area contributed by atoms with Crippen LogP contribution in [0.1, 0.15) is 31.9 Å². The highest BCUT2D eigenvalue weighted by Gasteiger charge is 2.26. The Balaban J connectivity index is 2.01. The molecule has 0 spiro atoms. The third-order valence-electron chi connectivity index (χ3n) is 3.67. The molecule has 0 saturated carbocycles. The number of piperazine rings is 1. The summed E-state index contributed by atoms with van der Waals surface area (Å²) in [6.07, 6.45) is 1.67. The molecule has 1 heterocycles. The number of amides is 1. The molecule has 22 heavy (non-hydrogen) atoms. The molecule has 0 radical (unpaired) electrons. The Morgan fingerprint density at radius 1 is 1.23 bits per heavy atom. The predicted molar refractivity (Wildman–Crippen MR) is 91.3 cm³/mol. The van der Waals surface area contributed by atoms with Crippen molar-refractivity contribution in [1.82, 2.24) is 4.90 Å². The fraction of sp³-hybridized carbons (Fsp3) is 0.500. The number of ether oxygens (including phenoxy) is 1. The number of anilines is 1. The van der Waals surface area contributed by atoms with E-state index < -0.39 is 5.60 Å². The largest absolute Gasteiger partial charge is 0.444 e. The highest BCUT2D eigenvalue weighted by molar-refractivity contribution is 5.70. The summed E-state index contributed by atoms with van der Waals surface area (Å²) < 4.78 is 5.43. The summed E-state index contributed by atoms with van der Waals surface area (Å²) in [4.78, 5) is 16.2. The van der Waals surface area contributed by atoms with E-state index in [2.05, 4.69) is 36.6 Å². The van der Waals surface area contributed by atoms with Gasteiger partial charge in [-0.25, -0.2) is 4.79 Å². The first-order valence-electron chi connectivity index (χ1n) is 7.76. The van der Waals surface area contributed by atoms with Crippen molar-refractivity contribution < 1.29 is 9.53 Å². The molecule has 4 nitrogen and oxygen atoms in total. The number of hydrogen-bond donors (Lipinski definition) is 0. The maximum absolute atomic E-state index is 12.1. The minimum Gasteiger partial charge on any atom is -0.444 e. The molecule has 0 unspecified atom stereocenters. The van der Waals surface area contributed by atoms with Crippen molar-refractivity contribution >= 4 is 17.9 Å². The van der Waals surface area contributed by atoms with Crippen molar-refractivity contribution in [3.63, 3.8) is 0 Å². The molecule has 0 aliphatic carbocycles. The van der Waals surface area contributed by atoms with Crippen LogP contribution in [0.15, 0.2) is 24.8 Å². The SMILES string of the molecule is C=Cc1cc(C)ccc1N1CCN(C(=O)OC(C)(C)C)CC1. The van der Waals surface area contributed by atoms with Crippen LogP contribution in [-0.2, 0) is 4.74 Å². The lowest BCUT2D eigenvalue weighted by Crippen LogP contribution is -2.50. The number of aryl methyl sites for hydroxylation is 1. The Morgan fingerprint density at radius 3 is 2.41 bits per heavy atom. The van der Waals surface area contributed by atoms with E-state index in [1.165, 1.54) is 11.3 Å². The van der Waals surface area contributed by atoms with Gasteiger partial charge in [0.25, 0.3) is 0 Å². The van der Waals surface area contributed by atoms with Crippen molar-refractivity contribution in [3.05, 3.63) is 35.9 Å². The molecule has 1 amide bonds. The molecule has 0 bridgehead atoms. The van der Waals surface area contributed by atoms with Gasteiger partial charge in [0.1, 0.15) is 5.60 Å². The summed E-state index contributed by atoms with van der Waals surface area (Å²) in [7, 11) is 0. The number of benzene rings is 1. The maximum atomic E-state index is 12.1. The summed E-state index contributed by atoms with van der Waals surface area (Å²) >= 11 is 0. The van der Waals surface area contributed by atoms with E-state index in [9.17, 15) is 4.79 Å². The fourth-order valence-electron chi connectivity index (χ4n) is 2.58. The summed E-state index contributed by atoms with van der Waals surface area (Å²) in [5.41, 5.74) is 3.11. The van der Waals surface area contributed by atoms with Gasteiger partial charge < -0.3 is 14.5 Å². The number of carbonyl (C=O) groups excluding carboxylic acids is 1. The van der Waals surface area contributed by atoms with Gasteiger partial charge in [-0.15, -0.1) is 0 Å². The molecule has 1 aromatic rings. The third kappa shape index (κ3) is 4.03. The molecule has 1 fully saturated rings. The summed E-state index contributed by atoms with van der Waals surface area (Å²) in [5.74, 6) is 0. The second-order valence-corrected chi connectivity index (χ2v) is 6.72.